The second-order valence-corrected chi connectivity index (χ2v) is 2.37. The third-order valence-corrected chi connectivity index (χ3v) is 0.858. The first-order valence-electron chi connectivity index (χ1n) is 3.77. The molecule has 0 saturated carbocycles. The molecular weight excluding hydrogens is 237 g/mol. The van der Waals surface area contributed by atoms with Gasteiger partial charge in [0.15, 0.2) is 0 Å². The quantitative estimate of drug-likeness (QED) is 0.310. The van der Waals surface area contributed by atoms with Crippen LogP contribution in [0.15, 0.2) is 0 Å². The van der Waals surface area contributed by atoms with E-state index in [1.54, 1.807) is 0 Å². The van der Waals surface area contributed by atoms with Gasteiger partial charge in [0.05, 0.1) is 0 Å². The van der Waals surface area contributed by atoms with Crippen molar-refractivity contribution in [2.45, 2.75) is 12.8 Å². The van der Waals surface area contributed by atoms with Crippen molar-refractivity contribution in [3.05, 3.63) is 0 Å². The summed E-state index contributed by atoms with van der Waals surface area (Å²) in [4.78, 5) is 29.2. The minimum Gasteiger partial charge on any atom is -0.418 e. The highest BCUT2D eigenvalue weighted by Gasteiger charge is 2.20. The molecule has 1 rings (SSSR count). The highest BCUT2D eigenvalue weighted by Crippen LogP contribution is 2.06. The van der Waals surface area contributed by atoms with Crippen LogP contribution < -0.4 is 16.8 Å². The van der Waals surface area contributed by atoms with Gasteiger partial charge in [-0.05, 0) is 0 Å². The number of rotatable bonds is 0. The number of carbonyl (C=O) groups is 3. The second kappa shape index (κ2) is 7.48. The van der Waals surface area contributed by atoms with E-state index >= 15 is 0 Å². The smallest absolute Gasteiger partial charge is 0.418 e. The molecule has 0 aromatic heterocycles. The Kier molecular flexibility index (Phi) is 7.77. The summed E-state index contributed by atoms with van der Waals surface area (Å²) >= 11 is 0. The summed E-state index contributed by atoms with van der Waals surface area (Å²) in [6.07, 6.45) is 0.748. The number of hydrogen-bond donors (Lipinski definition) is 3. The molecule has 5 N–H and O–H groups in total. The molecule has 11 heteroatoms. The first kappa shape index (κ1) is 16.6. The van der Waals surface area contributed by atoms with Crippen LogP contribution in [-0.2, 0) is 9.59 Å². The van der Waals surface area contributed by atoms with Gasteiger partial charge in [-0.25, -0.2) is 4.79 Å². The Hall–Kier alpha value is -1.81. The van der Waals surface area contributed by atoms with Crippen LogP contribution in [0.5, 0.6) is 0 Å². The molecule has 0 bridgehead atoms. The number of nitrogens with one attached hydrogen (secondary N) is 1. The molecule has 0 aliphatic carbocycles. The Bertz CT molecular complexity index is 246. The van der Waals surface area contributed by atoms with Crippen LogP contribution in [0, 0.1) is 0 Å². The SMILES string of the molecule is F[B-](F)(F)F.NC(N)=O.O=C1CCC(=O)N1. The van der Waals surface area contributed by atoms with E-state index in [-0.39, 0.29) is 11.8 Å². The van der Waals surface area contributed by atoms with Crippen LogP contribution in [0.25, 0.3) is 0 Å². The summed E-state index contributed by atoms with van der Waals surface area (Å²) in [5, 5.41) is 2.14. The molecule has 0 aromatic carbocycles. The molecule has 1 saturated heterocycles. The van der Waals surface area contributed by atoms with E-state index in [1.165, 1.54) is 0 Å². The molecule has 4 amide bonds. The molecule has 0 atom stereocenters. The van der Waals surface area contributed by atoms with Gasteiger partial charge in [-0.15, -0.1) is 0 Å². The molecule has 6 nitrogen and oxygen atoms in total. The zero-order valence-corrected chi connectivity index (χ0v) is 7.88. The van der Waals surface area contributed by atoms with Gasteiger partial charge in [0.25, 0.3) is 0 Å². The van der Waals surface area contributed by atoms with Crippen molar-refractivity contribution in [1.29, 1.82) is 0 Å². The zero-order chi connectivity index (χ0) is 13.4. The third kappa shape index (κ3) is 29.5. The number of amides is 4. The summed E-state index contributed by atoms with van der Waals surface area (Å²) in [6, 6.07) is -0.833. The Balaban J connectivity index is 0. The third-order valence-electron chi connectivity index (χ3n) is 0.858. The molecule has 1 aliphatic heterocycles. The van der Waals surface area contributed by atoms with Crippen molar-refractivity contribution in [2.75, 3.05) is 0 Å². The van der Waals surface area contributed by atoms with E-state index in [4.69, 9.17) is 4.79 Å². The molecule has 16 heavy (non-hydrogen) atoms. The van der Waals surface area contributed by atoms with Crippen molar-refractivity contribution < 1.29 is 31.6 Å². The van der Waals surface area contributed by atoms with Gasteiger partial charge >= 0.3 is 13.3 Å². The minimum atomic E-state index is -6.00. The number of primary amides is 2. The maximum absolute atomic E-state index is 10.1. The number of urea groups is 1. The number of halogens is 4. The summed E-state index contributed by atoms with van der Waals surface area (Å²) in [5.74, 6) is -0.296. The molecule has 0 spiro atoms. The lowest BCUT2D eigenvalue weighted by atomic mass is 10.3. The average molecular weight is 246 g/mol. The zero-order valence-electron chi connectivity index (χ0n) is 7.88. The Morgan fingerprint density at radius 3 is 1.31 bits per heavy atom. The van der Waals surface area contributed by atoms with E-state index < -0.39 is 13.3 Å². The van der Waals surface area contributed by atoms with Crippen LogP contribution in [0.3, 0.4) is 0 Å². The summed E-state index contributed by atoms with van der Waals surface area (Å²) in [7, 11) is -6.00. The van der Waals surface area contributed by atoms with Crippen molar-refractivity contribution in [3.8, 4) is 0 Å². The Labute approximate surface area is 87.4 Å². The molecule has 0 radical (unpaired) electrons. The van der Waals surface area contributed by atoms with E-state index in [0.717, 1.165) is 0 Å². The number of imide groups is 1. The lowest BCUT2D eigenvalue weighted by molar-refractivity contribution is -0.124. The normalized spacial score (nSPS) is 14.0. The lowest BCUT2D eigenvalue weighted by Crippen LogP contribution is -2.18. The van der Waals surface area contributed by atoms with Crippen molar-refractivity contribution in [3.63, 3.8) is 0 Å². The molecule has 0 unspecified atom stereocenters. The first-order chi connectivity index (χ1) is 7.02. The summed E-state index contributed by atoms with van der Waals surface area (Å²) < 4.78 is 39.0. The van der Waals surface area contributed by atoms with Gasteiger partial charge in [0.1, 0.15) is 0 Å². The standard InChI is InChI=1S/C4H5NO2.CH4N2O.BF4/c6-3-1-2-4(7)5-3;2-1(3)4;2-1(3,4)5/h1-2H2,(H,5,6,7);(H4,2,3,4);/q;;-1. The van der Waals surface area contributed by atoms with Gasteiger partial charge in [-0.3, -0.25) is 14.9 Å². The van der Waals surface area contributed by atoms with Crippen LogP contribution in [0.4, 0.5) is 22.1 Å². The van der Waals surface area contributed by atoms with Gasteiger partial charge in [0, 0.05) is 12.8 Å². The Morgan fingerprint density at radius 2 is 1.25 bits per heavy atom. The van der Waals surface area contributed by atoms with E-state index in [0.29, 0.717) is 12.8 Å². The molecule has 0 aromatic rings. The van der Waals surface area contributed by atoms with E-state index in [9.17, 15) is 26.9 Å². The predicted octanol–water partition coefficient (Wildman–Crippen LogP) is -0.253. The van der Waals surface area contributed by atoms with Crippen LogP contribution >= 0.6 is 0 Å². The minimum absolute atomic E-state index is 0.148. The van der Waals surface area contributed by atoms with Gasteiger partial charge in [0.2, 0.25) is 11.8 Å². The predicted molar refractivity (Wildman–Crippen MR) is 46.3 cm³/mol. The topological polar surface area (TPSA) is 115 Å². The van der Waals surface area contributed by atoms with Crippen LogP contribution in [0.1, 0.15) is 12.8 Å². The maximum Gasteiger partial charge on any atom is 0.673 e. The summed E-state index contributed by atoms with van der Waals surface area (Å²) in [6.45, 7) is 0. The second-order valence-electron chi connectivity index (χ2n) is 2.37. The van der Waals surface area contributed by atoms with E-state index in [1.807, 2.05) is 0 Å². The molecular formula is C5H9BF4N3O3-. The highest BCUT2D eigenvalue weighted by atomic mass is 19.5. The van der Waals surface area contributed by atoms with E-state index in [2.05, 4.69) is 16.8 Å². The van der Waals surface area contributed by atoms with Crippen molar-refractivity contribution in [1.82, 2.24) is 5.32 Å². The van der Waals surface area contributed by atoms with Crippen molar-refractivity contribution >= 4 is 25.1 Å². The first-order valence-corrected chi connectivity index (χ1v) is 3.77. The van der Waals surface area contributed by atoms with Crippen LogP contribution in [0.2, 0.25) is 0 Å². The monoisotopic (exact) mass is 246 g/mol. The maximum atomic E-state index is 10.1. The summed E-state index contributed by atoms with van der Waals surface area (Å²) in [5.41, 5.74) is 8.50. The fourth-order valence-electron chi connectivity index (χ4n) is 0.508. The molecule has 1 aliphatic rings. The highest BCUT2D eigenvalue weighted by molar-refractivity contribution is 6.50. The van der Waals surface area contributed by atoms with Crippen LogP contribution in [-0.4, -0.2) is 25.1 Å². The largest absolute Gasteiger partial charge is 0.673 e. The van der Waals surface area contributed by atoms with Gasteiger partial charge in [-0.1, -0.05) is 0 Å². The van der Waals surface area contributed by atoms with Crippen molar-refractivity contribution in [2.24, 2.45) is 11.5 Å². The number of hydrogen-bond acceptors (Lipinski definition) is 3. The van der Waals surface area contributed by atoms with Gasteiger partial charge in [-0.2, -0.15) is 0 Å². The number of carbonyl (C=O) groups excluding carboxylic acids is 3. The van der Waals surface area contributed by atoms with Gasteiger partial charge < -0.3 is 28.7 Å². The number of nitrogens with two attached hydrogens (primary N) is 2. The molecule has 94 valence electrons. The molecule has 1 fully saturated rings. The average Bonchev–Trinajstić information content (AvgIpc) is 2.28. The fourth-order valence-corrected chi connectivity index (χ4v) is 0.508. The lowest BCUT2D eigenvalue weighted by Gasteiger charge is -1.94. The Morgan fingerprint density at radius 1 is 1.06 bits per heavy atom. The fraction of sp³-hybridized carbons (Fsp3) is 0.400. The molecule has 1 heterocycles.